The van der Waals surface area contributed by atoms with Crippen molar-refractivity contribution >= 4 is 34.7 Å². The van der Waals surface area contributed by atoms with Gasteiger partial charge < -0.3 is 14.5 Å². The number of rotatable bonds is 4. The lowest BCUT2D eigenvalue weighted by atomic mass is 9.97. The van der Waals surface area contributed by atoms with Crippen molar-refractivity contribution in [2.24, 2.45) is 0 Å². The highest BCUT2D eigenvalue weighted by Crippen LogP contribution is 2.46. The van der Waals surface area contributed by atoms with E-state index >= 15 is 0 Å². The van der Waals surface area contributed by atoms with E-state index in [0.29, 0.717) is 5.16 Å². The van der Waals surface area contributed by atoms with Crippen molar-refractivity contribution in [1.82, 2.24) is 9.97 Å². The minimum atomic E-state index is -1.42. The smallest absolute Gasteiger partial charge is 0.334 e. The standard InChI is InChI=1S/C16H18N2O4S/c1-4-21-12(19)16(9-15(2,3)22-13(16)20)23-14-17-10-7-5-6-8-11(10)18-14/h5-8H,4,9H2,1-3H3,(H,17,18)/t16-/m0/s1. The third kappa shape index (κ3) is 2.81. The highest BCUT2D eigenvalue weighted by Gasteiger charge is 2.60. The van der Waals surface area contributed by atoms with Crippen LogP contribution in [0.25, 0.3) is 11.0 Å². The molecule has 2 aromatic rings. The second-order valence-corrected chi connectivity index (χ2v) is 7.32. The average molecular weight is 334 g/mol. The second-order valence-electron chi connectivity index (χ2n) is 6.03. The lowest BCUT2D eigenvalue weighted by molar-refractivity contribution is -0.155. The molecule has 1 saturated heterocycles. The number of cyclic esters (lactones) is 1. The Hall–Kier alpha value is -2.02. The van der Waals surface area contributed by atoms with E-state index in [0.717, 1.165) is 22.8 Å². The Morgan fingerprint density at radius 1 is 1.43 bits per heavy atom. The lowest BCUT2D eigenvalue weighted by Gasteiger charge is -2.21. The number of carbonyl (C=O) groups excluding carboxylic acids is 2. The van der Waals surface area contributed by atoms with Crippen molar-refractivity contribution in [2.75, 3.05) is 6.61 Å². The maximum absolute atomic E-state index is 12.5. The van der Waals surface area contributed by atoms with Crippen LogP contribution in [-0.4, -0.2) is 38.9 Å². The quantitative estimate of drug-likeness (QED) is 0.684. The van der Waals surface area contributed by atoms with Crippen LogP contribution in [0.5, 0.6) is 0 Å². The van der Waals surface area contributed by atoms with Crippen molar-refractivity contribution in [3.8, 4) is 0 Å². The van der Waals surface area contributed by atoms with Gasteiger partial charge in [0.15, 0.2) is 5.16 Å². The third-order valence-corrected chi connectivity index (χ3v) is 4.83. The zero-order valence-corrected chi connectivity index (χ0v) is 14.0. The fourth-order valence-electron chi connectivity index (χ4n) is 2.71. The summed E-state index contributed by atoms with van der Waals surface area (Å²) in [7, 11) is 0. The fourth-order valence-corrected chi connectivity index (χ4v) is 4.03. The molecule has 0 unspecified atom stereocenters. The third-order valence-electron chi connectivity index (χ3n) is 3.62. The van der Waals surface area contributed by atoms with Gasteiger partial charge in [-0.15, -0.1) is 0 Å². The largest absolute Gasteiger partial charge is 0.464 e. The topological polar surface area (TPSA) is 81.3 Å². The van der Waals surface area contributed by atoms with Gasteiger partial charge in [-0.3, -0.25) is 0 Å². The summed E-state index contributed by atoms with van der Waals surface area (Å²) in [5, 5.41) is 0.494. The number of nitrogens with one attached hydrogen (secondary N) is 1. The number of esters is 2. The Labute approximate surface area is 137 Å². The molecule has 23 heavy (non-hydrogen) atoms. The summed E-state index contributed by atoms with van der Waals surface area (Å²) < 4.78 is 9.09. The number of aromatic nitrogens is 2. The van der Waals surface area contributed by atoms with Crippen LogP contribution in [0.15, 0.2) is 29.4 Å². The van der Waals surface area contributed by atoms with Gasteiger partial charge in [0.2, 0.25) is 4.75 Å². The van der Waals surface area contributed by atoms with Gasteiger partial charge in [0.25, 0.3) is 0 Å². The summed E-state index contributed by atoms with van der Waals surface area (Å²) >= 11 is 1.07. The van der Waals surface area contributed by atoms with E-state index in [9.17, 15) is 9.59 Å². The molecule has 7 heteroatoms. The van der Waals surface area contributed by atoms with Crippen LogP contribution in [-0.2, 0) is 19.1 Å². The maximum Gasteiger partial charge on any atom is 0.334 e. The number of thioether (sulfide) groups is 1. The minimum absolute atomic E-state index is 0.203. The van der Waals surface area contributed by atoms with Crippen molar-refractivity contribution in [3.05, 3.63) is 24.3 Å². The van der Waals surface area contributed by atoms with Gasteiger partial charge in [-0.2, -0.15) is 0 Å². The van der Waals surface area contributed by atoms with Crippen LogP contribution in [0.4, 0.5) is 0 Å². The molecule has 1 aromatic carbocycles. The molecule has 1 atom stereocenters. The summed E-state index contributed by atoms with van der Waals surface area (Å²) in [5.74, 6) is -1.16. The molecule has 122 valence electrons. The number of aromatic amines is 1. The molecule has 0 spiro atoms. The molecule has 6 nitrogen and oxygen atoms in total. The number of imidazole rings is 1. The van der Waals surface area contributed by atoms with Crippen LogP contribution < -0.4 is 0 Å². The molecule has 1 aromatic heterocycles. The van der Waals surface area contributed by atoms with E-state index in [1.165, 1.54) is 0 Å². The summed E-state index contributed by atoms with van der Waals surface area (Å²) in [4.78, 5) is 32.5. The number of ether oxygens (including phenoxy) is 2. The van der Waals surface area contributed by atoms with Crippen molar-refractivity contribution in [2.45, 2.75) is 42.7 Å². The number of para-hydroxylation sites is 2. The van der Waals surface area contributed by atoms with E-state index in [4.69, 9.17) is 9.47 Å². The number of carbonyl (C=O) groups is 2. The highest BCUT2D eigenvalue weighted by atomic mass is 32.2. The number of fused-ring (bicyclic) bond motifs is 1. The maximum atomic E-state index is 12.5. The molecule has 0 bridgehead atoms. The van der Waals surface area contributed by atoms with E-state index in [1.807, 2.05) is 24.3 Å². The molecular formula is C16H18N2O4S. The van der Waals surface area contributed by atoms with Crippen molar-refractivity contribution in [1.29, 1.82) is 0 Å². The van der Waals surface area contributed by atoms with Crippen LogP contribution in [0.1, 0.15) is 27.2 Å². The number of hydrogen-bond donors (Lipinski definition) is 1. The molecule has 0 radical (unpaired) electrons. The van der Waals surface area contributed by atoms with Crippen molar-refractivity contribution < 1.29 is 19.1 Å². The molecule has 1 aliphatic heterocycles. The van der Waals surface area contributed by atoms with Crippen LogP contribution in [0.3, 0.4) is 0 Å². The first-order valence-corrected chi connectivity index (χ1v) is 8.22. The average Bonchev–Trinajstić information content (AvgIpc) is 2.97. The van der Waals surface area contributed by atoms with Crippen LogP contribution in [0, 0.1) is 0 Å². The molecule has 1 fully saturated rings. The lowest BCUT2D eigenvalue weighted by Crippen LogP contribution is -2.42. The number of hydrogen-bond acceptors (Lipinski definition) is 6. The van der Waals surface area contributed by atoms with Gasteiger partial charge in [-0.25, -0.2) is 14.6 Å². The van der Waals surface area contributed by atoms with E-state index in [1.54, 1.807) is 20.8 Å². The van der Waals surface area contributed by atoms with Gasteiger partial charge in [0, 0.05) is 6.42 Å². The number of nitrogens with zero attached hydrogens (tertiary/aromatic N) is 1. The first kappa shape index (κ1) is 15.9. The van der Waals surface area contributed by atoms with Crippen LogP contribution >= 0.6 is 11.8 Å². The van der Waals surface area contributed by atoms with Gasteiger partial charge in [0.1, 0.15) is 5.60 Å². The fraction of sp³-hybridized carbons (Fsp3) is 0.438. The highest BCUT2D eigenvalue weighted by molar-refractivity contribution is 8.02. The Bertz CT molecular complexity index is 737. The Morgan fingerprint density at radius 3 is 2.78 bits per heavy atom. The van der Waals surface area contributed by atoms with Crippen LogP contribution in [0.2, 0.25) is 0 Å². The summed E-state index contributed by atoms with van der Waals surface area (Å²) in [5.41, 5.74) is 0.905. The molecule has 0 saturated carbocycles. The molecular weight excluding hydrogens is 316 g/mol. The summed E-state index contributed by atoms with van der Waals surface area (Å²) in [6.07, 6.45) is 0.235. The molecule has 1 aliphatic rings. The predicted molar refractivity (Wildman–Crippen MR) is 86.1 cm³/mol. The second kappa shape index (κ2) is 5.56. The molecule has 2 heterocycles. The molecule has 3 rings (SSSR count). The molecule has 1 N–H and O–H groups in total. The normalized spacial score (nSPS) is 23.0. The Morgan fingerprint density at radius 2 is 2.17 bits per heavy atom. The number of benzene rings is 1. The monoisotopic (exact) mass is 334 g/mol. The summed E-state index contributed by atoms with van der Waals surface area (Å²) in [6.45, 7) is 5.48. The van der Waals surface area contributed by atoms with E-state index < -0.39 is 22.3 Å². The SMILES string of the molecule is CCOC(=O)[C@@]1(Sc2nc3ccccc3[nH]2)CC(C)(C)OC1=O. The molecule has 0 amide bonds. The van der Waals surface area contributed by atoms with E-state index in [-0.39, 0.29) is 13.0 Å². The van der Waals surface area contributed by atoms with E-state index in [2.05, 4.69) is 9.97 Å². The predicted octanol–water partition coefficient (Wildman–Crippen LogP) is 2.68. The van der Waals surface area contributed by atoms with Crippen molar-refractivity contribution in [3.63, 3.8) is 0 Å². The first-order valence-electron chi connectivity index (χ1n) is 7.41. The zero-order chi connectivity index (χ0) is 16.7. The minimum Gasteiger partial charge on any atom is -0.464 e. The molecule has 0 aliphatic carbocycles. The first-order chi connectivity index (χ1) is 10.9. The van der Waals surface area contributed by atoms with Gasteiger partial charge in [0.05, 0.1) is 17.6 Å². The Kier molecular flexibility index (Phi) is 3.83. The summed E-state index contributed by atoms with van der Waals surface area (Å²) in [6, 6.07) is 7.53. The van der Waals surface area contributed by atoms with Gasteiger partial charge in [-0.1, -0.05) is 23.9 Å². The number of H-pyrrole nitrogens is 1. The van der Waals surface area contributed by atoms with Gasteiger partial charge in [-0.05, 0) is 32.9 Å². The van der Waals surface area contributed by atoms with Gasteiger partial charge >= 0.3 is 11.9 Å². The Balaban J connectivity index is 1.99. The zero-order valence-electron chi connectivity index (χ0n) is 13.2.